The van der Waals surface area contributed by atoms with Crippen LogP contribution in [0.4, 0.5) is 5.69 Å². The van der Waals surface area contributed by atoms with E-state index >= 15 is 0 Å². The van der Waals surface area contributed by atoms with Gasteiger partial charge in [-0.1, -0.05) is 12.1 Å². The molecule has 5 nitrogen and oxygen atoms in total. The van der Waals surface area contributed by atoms with Gasteiger partial charge in [-0.15, -0.1) is 0 Å². The topological polar surface area (TPSA) is 76.0 Å². The number of H-pyrrole nitrogens is 1. The van der Waals surface area contributed by atoms with Gasteiger partial charge in [0.05, 0.1) is 16.0 Å². The average Bonchev–Trinajstić information content (AvgIpc) is 2.40. The van der Waals surface area contributed by atoms with Crippen LogP contribution in [-0.4, -0.2) is 9.91 Å². The molecule has 0 saturated heterocycles. The molecule has 1 heterocycles. The van der Waals surface area contributed by atoms with Crippen LogP contribution in [0.25, 0.3) is 21.8 Å². The molecule has 0 bridgehead atoms. The van der Waals surface area contributed by atoms with E-state index in [9.17, 15) is 14.9 Å². The third-order valence-electron chi connectivity index (χ3n) is 3.31. The Kier molecular flexibility index (Phi) is 2.35. The van der Waals surface area contributed by atoms with E-state index in [4.69, 9.17) is 0 Å². The first-order chi connectivity index (χ1) is 9.09. The van der Waals surface area contributed by atoms with Gasteiger partial charge < -0.3 is 4.98 Å². The van der Waals surface area contributed by atoms with Gasteiger partial charge in [0.2, 0.25) is 0 Å². The average molecular weight is 254 g/mol. The molecule has 0 amide bonds. The number of hydrogen-bond acceptors (Lipinski definition) is 3. The van der Waals surface area contributed by atoms with Crippen LogP contribution >= 0.6 is 0 Å². The monoisotopic (exact) mass is 254 g/mol. The van der Waals surface area contributed by atoms with E-state index in [1.807, 2.05) is 6.07 Å². The number of nitro groups is 1. The zero-order valence-electron chi connectivity index (χ0n) is 10.1. The van der Waals surface area contributed by atoms with E-state index in [1.165, 1.54) is 12.1 Å². The van der Waals surface area contributed by atoms with Crippen molar-refractivity contribution in [2.24, 2.45) is 0 Å². The summed E-state index contributed by atoms with van der Waals surface area (Å²) in [6.45, 7) is 1.64. The molecule has 1 aromatic heterocycles. The summed E-state index contributed by atoms with van der Waals surface area (Å²) in [5, 5.41) is 12.0. The largest absolute Gasteiger partial charge is 0.354 e. The zero-order valence-corrected chi connectivity index (χ0v) is 10.1. The Bertz CT molecular complexity index is 881. The van der Waals surface area contributed by atoms with Crippen molar-refractivity contribution in [2.45, 2.75) is 6.92 Å². The molecule has 0 aliphatic carbocycles. The number of nitrogens with zero attached hydrogens (tertiary/aromatic N) is 1. The van der Waals surface area contributed by atoms with Crippen molar-refractivity contribution in [1.29, 1.82) is 0 Å². The number of nitro benzene ring substituents is 1. The highest BCUT2D eigenvalue weighted by Gasteiger charge is 2.15. The third kappa shape index (κ3) is 1.59. The van der Waals surface area contributed by atoms with Crippen LogP contribution in [-0.2, 0) is 0 Å². The molecular formula is C14H10N2O3. The molecule has 3 rings (SSSR count). The first-order valence-corrected chi connectivity index (χ1v) is 5.78. The molecule has 0 unspecified atom stereocenters. The number of rotatable bonds is 1. The highest BCUT2D eigenvalue weighted by atomic mass is 16.6. The first kappa shape index (κ1) is 11.4. The van der Waals surface area contributed by atoms with Crippen LogP contribution in [0.3, 0.4) is 0 Å². The molecule has 0 saturated carbocycles. The van der Waals surface area contributed by atoms with Gasteiger partial charge in [-0.3, -0.25) is 14.9 Å². The maximum Gasteiger partial charge on any atom is 0.274 e. The van der Waals surface area contributed by atoms with Crippen molar-refractivity contribution in [2.75, 3.05) is 0 Å². The number of benzene rings is 2. The summed E-state index contributed by atoms with van der Waals surface area (Å²) in [6.07, 6.45) is 0. The minimum atomic E-state index is -0.442. The quantitative estimate of drug-likeness (QED) is 0.412. The molecule has 94 valence electrons. The highest BCUT2D eigenvalue weighted by molar-refractivity contribution is 5.95. The van der Waals surface area contributed by atoms with Crippen LogP contribution in [0.5, 0.6) is 0 Å². The van der Waals surface area contributed by atoms with Gasteiger partial charge >= 0.3 is 0 Å². The zero-order chi connectivity index (χ0) is 13.6. The summed E-state index contributed by atoms with van der Waals surface area (Å²) < 4.78 is 0. The van der Waals surface area contributed by atoms with Crippen LogP contribution in [0, 0.1) is 17.0 Å². The highest BCUT2D eigenvalue weighted by Crippen LogP contribution is 2.25. The molecule has 0 fully saturated rings. The van der Waals surface area contributed by atoms with Crippen molar-refractivity contribution in [1.82, 2.24) is 4.98 Å². The van der Waals surface area contributed by atoms with Crippen molar-refractivity contribution >= 4 is 27.5 Å². The minimum absolute atomic E-state index is 0.0124. The fourth-order valence-corrected chi connectivity index (χ4v) is 2.32. The second-order valence-corrected chi connectivity index (χ2v) is 4.39. The number of aryl methyl sites for hydroxylation is 1. The van der Waals surface area contributed by atoms with Crippen molar-refractivity contribution in [3.8, 4) is 0 Å². The lowest BCUT2D eigenvalue weighted by Crippen LogP contribution is -2.06. The van der Waals surface area contributed by atoms with Gasteiger partial charge in [-0.25, -0.2) is 0 Å². The van der Waals surface area contributed by atoms with E-state index < -0.39 is 4.92 Å². The standard InChI is InChI=1S/C14H10N2O3/c1-8-12(16(18)19)7-6-10-13(8)15-11-5-3-2-4-9(11)14(10)17/h2-7H,1H3,(H,15,17). The van der Waals surface area contributed by atoms with E-state index in [1.54, 1.807) is 25.1 Å². The van der Waals surface area contributed by atoms with Crippen LogP contribution in [0.15, 0.2) is 41.2 Å². The van der Waals surface area contributed by atoms with Gasteiger partial charge in [0, 0.05) is 22.4 Å². The number of pyridine rings is 1. The predicted octanol–water partition coefficient (Wildman–Crippen LogP) is 2.90. The molecule has 5 heteroatoms. The van der Waals surface area contributed by atoms with Crippen molar-refractivity contribution in [3.63, 3.8) is 0 Å². The lowest BCUT2D eigenvalue weighted by molar-refractivity contribution is -0.385. The van der Waals surface area contributed by atoms with Gasteiger partial charge in [-0.2, -0.15) is 0 Å². The predicted molar refractivity (Wildman–Crippen MR) is 73.5 cm³/mol. The molecular weight excluding hydrogens is 244 g/mol. The van der Waals surface area contributed by atoms with E-state index in [0.717, 1.165) is 0 Å². The number of nitrogens with one attached hydrogen (secondary N) is 1. The number of aromatic amines is 1. The van der Waals surface area contributed by atoms with Crippen molar-refractivity contribution < 1.29 is 4.92 Å². The Hall–Kier alpha value is -2.69. The molecule has 0 atom stereocenters. The Labute approximate surface area is 107 Å². The maximum atomic E-state index is 12.3. The van der Waals surface area contributed by atoms with E-state index in [-0.39, 0.29) is 11.1 Å². The van der Waals surface area contributed by atoms with Gasteiger partial charge in [0.15, 0.2) is 5.43 Å². The summed E-state index contributed by atoms with van der Waals surface area (Å²) in [4.78, 5) is 25.9. The van der Waals surface area contributed by atoms with Crippen LogP contribution < -0.4 is 5.43 Å². The second kappa shape index (κ2) is 3.91. The Morgan fingerprint density at radius 3 is 2.58 bits per heavy atom. The summed E-state index contributed by atoms with van der Waals surface area (Å²) in [5.74, 6) is 0. The number of hydrogen-bond donors (Lipinski definition) is 1. The molecule has 0 spiro atoms. The summed E-state index contributed by atoms with van der Waals surface area (Å²) in [5.41, 5.74) is 1.59. The summed E-state index contributed by atoms with van der Waals surface area (Å²) >= 11 is 0. The first-order valence-electron chi connectivity index (χ1n) is 5.78. The Morgan fingerprint density at radius 1 is 1.11 bits per heavy atom. The SMILES string of the molecule is Cc1c([N+](=O)[O-])ccc2c(=O)c3ccccc3[nH]c12. The molecule has 1 N–H and O–H groups in total. The van der Waals surface area contributed by atoms with Crippen molar-refractivity contribution in [3.05, 3.63) is 62.3 Å². The van der Waals surface area contributed by atoms with Gasteiger partial charge in [0.25, 0.3) is 5.69 Å². The van der Waals surface area contributed by atoms with Gasteiger partial charge in [0.1, 0.15) is 0 Å². The fourth-order valence-electron chi connectivity index (χ4n) is 2.32. The summed E-state index contributed by atoms with van der Waals surface area (Å²) in [6, 6.07) is 10.0. The molecule has 19 heavy (non-hydrogen) atoms. The van der Waals surface area contributed by atoms with Crippen LogP contribution in [0.1, 0.15) is 5.56 Å². The number of fused-ring (bicyclic) bond motifs is 2. The summed E-state index contributed by atoms with van der Waals surface area (Å²) in [7, 11) is 0. The smallest absolute Gasteiger partial charge is 0.274 e. The number of aromatic nitrogens is 1. The van der Waals surface area contributed by atoms with Gasteiger partial charge in [-0.05, 0) is 25.1 Å². The third-order valence-corrected chi connectivity index (χ3v) is 3.31. The van der Waals surface area contributed by atoms with E-state index in [0.29, 0.717) is 27.4 Å². The number of para-hydroxylation sites is 1. The second-order valence-electron chi connectivity index (χ2n) is 4.39. The Morgan fingerprint density at radius 2 is 1.84 bits per heavy atom. The minimum Gasteiger partial charge on any atom is -0.354 e. The molecule has 2 aromatic carbocycles. The lowest BCUT2D eigenvalue weighted by atomic mass is 10.1. The maximum absolute atomic E-state index is 12.3. The molecule has 0 radical (unpaired) electrons. The normalized spacial score (nSPS) is 11.0. The van der Waals surface area contributed by atoms with Crippen LogP contribution in [0.2, 0.25) is 0 Å². The van der Waals surface area contributed by atoms with E-state index in [2.05, 4.69) is 4.98 Å². The molecule has 0 aliphatic heterocycles. The Balaban J connectivity index is 2.55. The molecule has 3 aromatic rings. The molecule has 0 aliphatic rings. The lowest BCUT2D eigenvalue weighted by Gasteiger charge is -2.05. The fraction of sp³-hybridized carbons (Fsp3) is 0.0714.